The van der Waals surface area contributed by atoms with Crippen LogP contribution in [-0.4, -0.2) is 18.7 Å². The highest BCUT2D eigenvalue weighted by atomic mass is 16.3. The smallest absolute Gasteiger partial charge is 0.0781 e. The minimum absolute atomic E-state index is 0.481. The second-order valence-electron chi connectivity index (χ2n) is 3.56. The summed E-state index contributed by atoms with van der Waals surface area (Å²) in [7, 11) is 1.93. The lowest BCUT2D eigenvalue weighted by molar-refractivity contribution is 0.199. The summed E-state index contributed by atoms with van der Waals surface area (Å²) in [6.07, 6.45) is 0.00992. The van der Waals surface area contributed by atoms with E-state index >= 15 is 0 Å². The van der Waals surface area contributed by atoms with Crippen LogP contribution in [0.1, 0.15) is 25.0 Å². The van der Waals surface area contributed by atoms with Gasteiger partial charge >= 0.3 is 0 Å². The molecule has 80 valence electrons. The first-order chi connectivity index (χ1) is 7.16. The van der Waals surface area contributed by atoms with Crippen LogP contribution in [0, 0.1) is 11.3 Å². The number of hydrogen-bond acceptors (Lipinski definition) is 3. The Morgan fingerprint density at radius 1 is 1.47 bits per heavy atom. The second kappa shape index (κ2) is 5.38. The average Bonchev–Trinajstić information content (AvgIpc) is 2.25. The summed E-state index contributed by atoms with van der Waals surface area (Å²) < 4.78 is 0. The third kappa shape index (κ3) is 2.97. The lowest BCUT2D eigenvalue weighted by atomic mass is 10.1. The minimum Gasteiger partial charge on any atom is -0.389 e. The van der Waals surface area contributed by atoms with Gasteiger partial charge in [0.2, 0.25) is 0 Å². The van der Waals surface area contributed by atoms with Crippen LogP contribution in [0.4, 0.5) is 5.69 Å². The number of hydrogen-bond donors (Lipinski definition) is 1. The maximum absolute atomic E-state index is 9.59. The van der Waals surface area contributed by atoms with E-state index in [1.165, 1.54) is 0 Å². The number of anilines is 1. The molecule has 0 aliphatic heterocycles. The van der Waals surface area contributed by atoms with Gasteiger partial charge in [0.25, 0.3) is 0 Å². The van der Waals surface area contributed by atoms with E-state index in [0.29, 0.717) is 13.0 Å². The summed E-state index contributed by atoms with van der Waals surface area (Å²) in [6, 6.07) is 9.82. The molecule has 1 aromatic carbocycles. The number of aliphatic hydroxyl groups excluding tert-OH is 1. The molecule has 0 heterocycles. The van der Waals surface area contributed by atoms with Crippen LogP contribution >= 0.6 is 0 Å². The van der Waals surface area contributed by atoms with E-state index in [1.807, 2.05) is 36.2 Å². The number of benzene rings is 1. The Hall–Kier alpha value is -1.53. The minimum atomic E-state index is -0.481. The second-order valence-corrected chi connectivity index (χ2v) is 3.56. The van der Waals surface area contributed by atoms with Crippen LogP contribution in [0.5, 0.6) is 0 Å². The topological polar surface area (TPSA) is 47.3 Å². The fraction of sp³-hybridized carbons (Fsp3) is 0.417. The Kier molecular flexibility index (Phi) is 4.14. The summed E-state index contributed by atoms with van der Waals surface area (Å²) in [4.78, 5) is 1.99. The lowest BCUT2D eigenvalue weighted by Gasteiger charge is -2.22. The number of nitriles is 1. The first-order valence-corrected chi connectivity index (χ1v) is 5.02. The molecule has 0 saturated carbocycles. The molecule has 0 radical (unpaired) electrons. The highest BCUT2D eigenvalue weighted by molar-refractivity contribution is 5.53. The van der Waals surface area contributed by atoms with Crippen molar-refractivity contribution in [2.24, 2.45) is 0 Å². The highest BCUT2D eigenvalue weighted by Crippen LogP contribution is 2.25. The van der Waals surface area contributed by atoms with Crippen molar-refractivity contribution in [1.29, 1.82) is 5.26 Å². The summed E-state index contributed by atoms with van der Waals surface area (Å²) in [5.41, 5.74) is 1.89. The predicted octanol–water partition coefficient (Wildman–Crippen LogP) is 2.09. The standard InChI is InChI=1S/C12H16N2O/c1-10(15)11-6-3-4-7-12(11)14(2)9-5-8-13/h3-4,6-7,10,15H,5,9H2,1-2H3/t10-/m0/s1. The molecule has 0 aliphatic rings. The zero-order valence-electron chi connectivity index (χ0n) is 9.14. The Bertz CT molecular complexity index is 355. The van der Waals surface area contributed by atoms with Gasteiger partial charge in [-0.1, -0.05) is 18.2 Å². The third-order valence-electron chi connectivity index (χ3n) is 2.36. The summed E-state index contributed by atoms with van der Waals surface area (Å²) in [5.74, 6) is 0. The molecule has 0 amide bonds. The molecule has 0 aromatic heterocycles. The van der Waals surface area contributed by atoms with E-state index in [4.69, 9.17) is 5.26 Å². The van der Waals surface area contributed by atoms with Gasteiger partial charge in [0, 0.05) is 24.8 Å². The summed E-state index contributed by atoms with van der Waals surface area (Å²) in [6.45, 7) is 2.43. The Morgan fingerprint density at radius 3 is 2.73 bits per heavy atom. The van der Waals surface area contributed by atoms with Gasteiger partial charge in [-0.15, -0.1) is 0 Å². The number of para-hydroxylation sites is 1. The quantitative estimate of drug-likeness (QED) is 0.817. The van der Waals surface area contributed by atoms with Gasteiger partial charge in [-0.05, 0) is 13.0 Å². The molecular weight excluding hydrogens is 188 g/mol. The van der Waals surface area contributed by atoms with E-state index in [2.05, 4.69) is 6.07 Å². The number of nitrogens with zero attached hydrogens (tertiary/aromatic N) is 2. The van der Waals surface area contributed by atoms with Gasteiger partial charge in [0.05, 0.1) is 18.6 Å². The van der Waals surface area contributed by atoms with Gasteiger partial charge in [0.15, 0.2) is 0 Å². The van der Waals surface area contributed by atoms with Gasteiger partial charge in [-0.25, -0.2) is 0 Å². The van der Waals surface area contributed by atoms with Crippen molar-refractivity contribution in [3.63, 3.8) is 0 Å². The van der Waals surface area contributed by atoms with Crippen LogP contribution in [0.25, 0.3) is 0 Å². The van der Waals surface area contributed by atoms with Gasteiger partial charge in [-0.2, -0.15) is 5.26 Å². The van der Waals surface area contributed by atoms with Crippen molar-refractivity contribution in [2.45, 2.75) is 19.4 Å². The molecule has 3 nitrogen and oxygen atoms in total. The number of rotatable bonds is 4. The summed E-state index contributed by atoms with van der Waals surface area (Å²) >= 11 is 0. The molecule has 0 saturated heterocycles. The van der Waals surface area contributed by atoms with E-state index in [1.54, 1.807) is 6.92 Å². The molecule has 0 fully saturated rings. The molecule has 3 heteroatoms. The molecule has 0 spiro atoms. The van der Waals surface area contributed by atoms with Crippen molar-refractivity contribution < 1.29 is 5.11 Å². The molecule has 15 heavy (non-hydrogen) atoms. The molecule has 1 atom stereocenters. The summed E-state index contributed by atoms with van der Waals surface area (Å²) in [5, 5.41) is 18.1. The van der Waals surface area contributed by atoms with E-state index in [0.717, 1.165) is 11.3 Å². The van der Waals surface area contributed by atoms with Crippen LogP contribution in [-0.2, 0) is 0 Å². The fourth-order valence-electron chi connectivity index (χ4n) is 1.53. The Balaban J connectivity index is 2.88. The van der Waals surface area contributed by atoms with Crippen LogP contribution in [0.15, 0.2) is 24.3 Å². The van der Waals surface area contributed by atoms with E-state index < -0.39 is 6.10 Å². The van der Waals surface area contributed by atoms with Crippen molar-refractivity contribution >= 4 is 5.69 Å². The maximum atomic E-state index is 9.59. The maximum Gasteiger partial charge on any atom is 0.0781 e. The molecule has 0 aliphatic carbocycles. The normalized spacial score (nSPS) is 11.9. The molecule has 1 aromatic rings. The SMILES string of the molecule is C[C@H](O)c1ccccc1N(C)CCC#N. The predicted molar refractivity (Wildman–Crippen MR) is 60.6 cm³/mol. The molecule has 0 bridgehead atoms. The van der Waals surface area contributed by atoms with Crippen LogP contribution < -0.4 is 4.90 Å². The van der Waals surface area contributed by atoms with E-state index in [9.17, 15) is 5.11 Å². The monoisotopic (exact) mass is 204 g/mol. The third-order valence-corrected chi connectivity index (χ3v) is 2.36. The van der Waals surface area contributed by atoms with Crippen molar-refractivity contribution in [2.75, 3.05) is 18.5 Å². The molecule has 1 N–H and O–H groups in total. The largest absolute Gasteiger partial charge is 0.389 e. The average molecular weight is 204 g/mol. The van der Waals surface area contributed by atoms with Crippen LogP contribution in [0.2, 0.25) is 0 Å². The Labute approximate surface area is 90.6 Å². The highest BCUT2D eigenvalue weighted by Gasteiger charge is 2.09. The van der Waals surface area contributed by atoms with Crippen LogP contribution in [0.3, 0.4) is 0 Å². The molecular formula is C12H16N2O. The van der Waals surface area contributed by atoms with Gasteiger partial charge in [-0.3, -0.25) is 0 Å². The first-order valence-electron chi connectivity index (χ1n) is 5.02. The van der Waals surface area contributed by atoms with Crippen molar-refractivity contribution in [3.8, 4) is 6.07 Å². The van der Waals surface area contributed by atoms with Gasteiger partial charge in [0.1, 0.15) is 0 Å². The fourth-order valence-corrected chi connectivity index (χ4v) is 1.53. The lowest BCUT2D eigenvalue weighted by Crippen LogP contribution is -2.20. The van der Waals surface area contributed by atoms with E-state index in [-0.39, 0.29) is 0 Å². The van der Waals surface area contributed by atoms with Gasteiger partial charge < -0.3 is 10.0 Å². The van der Waals surface area contributed by atoms with Crippen molar-refractivity contribution in [1.82, 2.24) is 0 Å². The molecule has 0 unspecified atom stereocenters. The Morgan fingerprint density at radius 2 is 2.13 bits per heavy atom. The first kappa shape index (κ1) is 11.5. The zero-order valence-corrected chi connectivity index (χ0v) is 9.14. The van der Waals surface area contributed by atoms with Crippen molar-refractivity contribution in [3.05, 3.63) is 29.8 Å². The molecule has 1 rings (SSSR count). The zero-order chi connectivity index (χ0) is 11.3. The number of aliphatic hydroxyl groups is 1.